The van der Waals surface area contributed by atoms with Gasteiger partial charge in [0.15, 0.2) is 0 Å². The number of alkyl halides is 6. The van der Waals surface area contributed by atoms with Crippen molar-refractivity contribution in [3.8, 4) is 11.4 Å². The van der Waals surface area contributed by atoms with E-state index in [4.69, 9.17) is 0 Å². The zero-order valence-corrected chi connectivity index (χ0v) is 13.7. The van der Waals surface area contributed by atoms with Crippen molar-refractivity contribution in [3.05, 3.63) is 35.2 Å². The maximum atomic E-state index is 13.3. The molecule has 148 valence electrons. The molecule has 2 aromatic rings. The van der Waals surface area contributed by atoms with Crippen molar-refractivity contribution < 1.29 is 40.4 Å². The number of benzene rings is 1. The summed E-state index contributed by atoms with van der Waals surface area (Å²) in [5.74, 6) is -2.81. The number of rotatable bonds is 6. The second-order valence-corrected chi connectivity index (χ2v) is 5.31. The lowest BCUT2D eigenvalue weighted by atomic mass is 10.0. The number of nitrogens with zero attached hydrogens (tertiary/aromatic N) is 2. The van der Waals surface area contributed by atoms with E-state index in [1.807, 2.05) is 0 Å². The summed E-state index contributed by atoms with van der Waals surface area (Å²) in [4.78, 5) is 14.6. The fourth-order valence-electron chi connectivity index (χ4n) is 2.07. The van der Waals surface area contributed by atoms with Crippen molar-refractivity contribution in [2.45, 2.75) is 25.3 Å². The Morgan fingerprint density at radius 3 is 2.44 bits per heavy atom. The third-order valence-corrected chi connectivity index (χ3v) is 3.35. The first-order valence-corrected chi connectivity index (χ1v) is 7.39. The minimum absolute atomic E-state index is 0.0288. The van der Waals surface area contributed by atoms with E-state index in [0.717, 1.165) is 12.1 Å². The quantitative estimate of drug-likeness (QED) is 0.756. The molecule has 0 aliphatic carbocycles. The zero-order valence-electron chi connectivity index (χ0n) is 13.7. The van der Waals surface area contributed by atoms with Gasteiger partial charge in [0.1, 0.15) is 0 Å². The van der Waals surface area contributed by atoms with E-state index in [1.165, 1.54) is 7.11 Å². The highest BCUT2D eigenvalue weighted by Crippen LogP contribution is 2.35. The maximum absolute atomic E-state index is 13.3. The maximum Gasteiger partial charge on any atom is 0.471 e. The highest BCUT2D eigenvalue weighted by atomic mass is 19.4. The number of amides is 1. The van der Waals surface area contributed by atoms with Crippen molar-refractivity contribution in [1.82, 2.24) is 15.5 Å². The number of aromatic nitrogens is 2. The average molecular weight is 397 g/mol. The first-order chi connectivity index (χ1) is 12.5. The monoisotopic (exact) mass is 397 g/mol. The Labute approximate surface area is 148 Å². The van der Waals surface area contributed by atoms with Crippen LogP contribution in [0.2, 0.25) is 0 Å². The molecule has 0 aliphatic heterocycles. The lowest BCUT2D eigenvalue weighted by Gasteiger charge is -2.14. The van der Waals surface area contributed by atoms with Gasteiger partial charge in [-0.2, -0.15) is 31.3 Å². The minimum atomic E-state index is -4.91. The highest BCUT2D eigenvalue weighted by molar-refractivity contribution is 5.76. The molecule has 1 N–H and O–H groups in total. The van der Waals surface area contributed by atoms with Crippen molar-refractivity contribution in [2.24, 2.45) is 0 Å². The van der Waals surface area contributed by atoms with Crippen LogP contribution >= 0.6 is 0 Å². The summed E-state index contributed by atoms with van der Waals surface area (Å²) in [5, 5.41) is 5.37. The molecule has 0 saturated heterocycles. The predicted octanol–water partition coefficient (Wildman–Crippen LogP) is 3.43. The lowest BCUT2D eigenvalue weighted by Crippen LogP contribution is -2.25. The zero-order chi connectivity index (χ0) is 20.2. The normalized spacial score (nSPS) is 12.3. The Morgan fingerprint density at radius 2 is 1.89 bits per heavy atom. The van der Waals surface area contributed by atoms with Crippen LogP contribution in [0.3, 0.4) is 0 Å². The Hall–Kier alpha value is -2.63. The standard InChI is InChI=1S/C15H13F6N3O3/c1-26-5-4-11(25)22-7-9-3-2-8(6-10(9)14(16,17)18)12-23-13(27-24-12)15(19,20)21/h2-3,6H,4-5,7H2,1H3,(H,22,25). The number of nitrogens with one attached hydrogen (secondary N) is 1. The molecule has 12 heteroatoms. The van der Waals surface area contributed by atoms with Crippen molar-refractivity contribution in [3.63, 3.8) is 0 Å². The molecule has 0 bridgehead atoms. The van der Waals surface area contributed by atoms with Crippen LogP contribution in [0.4, 0.5) is 26.3 Å². The van der Waals surface area contributed by atoms with Crippen molar-refractivity contribution in [2.75, 3.05) is 13.7 Å². The Balaban J connectivity index is 2.28. The number of carbonyl (C=O) groups excluding carboxylic acids is 1. The second kappa shape index (κ2) is 7.94. The molecule has 0 spiro atoms. The van der Waals surface area contributed by atoms with Crippen LogP contribution in [0.5, 0.6) is 0 Å². The van der Waals surface area contributed by atoms with Crippen LogP contribution in [0.25, 0.3) is 11.4 Å². The van der Waals surface area contributed by atoms with E-state index in [0.29, 0.717) is 6.07 Å². The molecule has 0 fully saturated rings. The minimum Gasteiger partial charge on any atom is -0.384 e. The summed E-state index contributed by atoms with van der Waals surface area (Å²) in [7, 11) is 1.37. The van der Waals surface area contributed by atoms with Gasteiger partial charge in [-0.1, -0.05) is 17.3 Å². The van der Waals surface area contributed by atoms with E-state index in [2.05, 4.69) is 24.7 Å². The molecule has 0 saturated carbocycles. The smallest absolute Gasteiger partial charge is 0.384 e. The third kappa shape index (κ3) is 5.42. The Morgan fingerprint density at radius 1 is 1.19 bits per heavy atom. The van der Waals surface area contributed by atoms with Gasteiger partial charge < -0.3 is 14.6 Å². The van der Waals surface area contributed by atoms with Gasteiger partial charge in [-0.15, -0.1) is 0 Å². The molecule has 1 aromatic heterocycles. The molecule has 0 unspecified atom stereocenters. The van der Waals surface area contributed by atoms with Gasteiger partial charge in [0, 0.05) is 25.6 Å². The number of halogens is 6. The van der Waals surface area contributed by atoms with E-state index in [-0.39, 0.29) is 24.2 Å². The summed E-state index contributed by atoms with van der Waals surface area (Å²) >= 11 is 0. The topological polar surface area (TPSA) is 77.2 Å². The van der Waals surface area contributed by atoms with Gasteiger partial charge in [0.2, 0.25) is 11.7 Å². The van der Waals surface area contributed by atoms with Crippen molar-refractivity contribution >= 4 is 5.91 Å². The second-order valence-electron chi connectivity index (χ2n) is 5.31. The molecular formula is C15H13F6N3O3. The van der Waals surface area contributed by atoms with Crippen molar-refractivity contribution in [1.29, 1.82) is 0 Å². The Bertz CT molecular complexity index is 801. The van der Waals surface area contributed by atoms with Gasteiger partial charge in [-0.25, -0.2) is 0 Å². The SMILES string of the molecule is COCCC(=O)NCc1ccc(-c2noc(C(F)(F)F)n2)cc1C(F)(F)F. The van der Waals surface area contributed by atoms with Gasteiger partial charge in [0.05, 0.1) is 12.2 Å². The number of hydrogen-bond acceptors (Lipinski definition) is 5. The van der Waals surface area contributed by atoms with Gasteiger partial charge in [-0.05, 0) is 11.6 Å². The molecule has 2 rings (SSSR count). The van der Waals surface area contributed by atoms with E-state index < -0.39 is 42.1 Å². The van der Waals surface area contributed by atoms with Crippen LogP contribution in [-0.2, 0) is 28.4 Å². The number of methoxy groups -OCH3 is 1. The molecule has 1 aromatic carbocycles. The first-order valence-electron chi connectivity index (χ1n) is 7.39. The van der Waals surface area contributed by atoms with E-state index in [1.54, 1.807) is 0 Å². The Kier molecular flexibility index (Phi) is 6.08. The fraction of sp³-hybridized carbons (Fsp3) is 0.400. The van der Waals surface area contributed by atoms with Crippen LogP contribution in [0, 0.1) is 0 Å². The summed E-state index contributed by atoms with van der Waals surface area (Å²) < 4.78 is 86.0. The largest absolute Gasteiger partial charge is 0.471 e. The molecule has 0 aliphatic rings. The van der Waals surface area contributed by atoms with Gasteiger partial charge in [0.25, 0.3) is 0 Å². The molecule has 0 radical (unpaired) electrons. The number of hydrogen-bond donors (Lipinski definition) is 1. The van der Waals surface area contributed by atoms with Gasteiger partial charge in [-0.3, -0.25) is 4.79 Å². The molecule has 0 atom stereocenters. The molecule has 27 heavy (non-hydrogen) atoms. The predicted molar refractivity (Wildman–Crippen MR) is 78.1 cm³/mol. The summed E-state index contributed by atoms with van der Waals surface area (Å²) in [6.07, 6.45) is -9.75. The van der Waals surface area contributed by atoms with Crippen LogP contribution < -0.4 is 5.32 Å². The van der Waals surface area contributed by atoms with E-state index in [9.17, 15) is 31.1 Å². The van der Waals surface area contributed by atoms with E-state index >= 15 is 0 Å². The number of ether oxygens (including phenoxy) is 1. The molecule has 1 amide bonds. The summed E-state index contributed by atoms with van der Waals surface area (Å²) in [5.41, 5.74) is -1.71. The molecule has 1 heterocycles. The van der Waals surface area contributed by atoms with Crippen LogP contribution in [0.15, 0.2) is 22.7 Å². The number of carbonyl (C=O) groups is 1. The summed E-state index contributed by atoms with van der Waals surface area (Å²) in [6, 6.07) is 2.73. The lowest BCUT2D eigenvalue weighted by molar-refractivity contribution is -0.159. The van der Waals surface area contributed by atoms with Crippen LogP contribution in [-0.4, -0.2) is 29.8 Å². The fourth-order valence-corrected chi connectivity index (χ4v) is 2.07. The van der Waals surface area contributed by atoms with Crippen LogP contribution in [0.1, 0.15) is 23.4 Å². The van der Waals surface area contributed by atoms with Gasteiger partial charge >= 0.3 is 18.2 Å². The third-order valence-electron chi connectivity index (χ3n) is 3.35. The molecule has 6 nitrogen and oxygen atoms in total. The molecular weight excluding hydrogens is 384 g/mol. The highest BCUT2D eigenvalue weighted by Gasteiger charge is 2.39. The first kappa shape index (κ1) is 20.7. The average Bonchev–Trinajstić information content (AvgIpc) is 3.07. The summed E-state index contributed by atoms with van der Waals surface area (Å²) in [6.45, 7) is -0.312.